The number of carbonyl (C=O) groups excluding carboxylic acids is 1. The van der Waals surface area contributed by atoms with Gasteiger partial charge in [-0.25, -0.2) is 4.68 Å². The average Bonchev–Trinajstić information content (AvgIpc) is 3.28. The van der Waals surface area contributed by atoms with Crippen molar-refractivity contribution in [3.63, 3.8) is 0 Å². The van der Waals surface area contributed by atoms with E-state index in [1.807, 2.05) is 23.9 Å². The maximum absolute atomic E-state index is 12.2. The van der Waals surface area contributed by atoms with Gasteiger partial charge in [-0.2, -0.15) is 10.2 Å². The third kappa shape index (κ3) is 4.68. The van der Waals surface area contributed by atoms with Gasteiger partial charge in [0, 0.05) is 44.1 Å². The van der Waals surface area contributed by atoms with Crippen molar-refractivity contribution in [3.05, 3.63) is 41.1 Å². The van der Waals surface area contributed by atoms with Crippen molar-refractivity contribution in [1.82, 2.24) is 24.9 Å². The molecule has 8 nitrogen and oxygen atoms in total. The quantitative estimate of drug-likeness (QED) is 0.796. The summed E-state index contributed by atoms with van der Waals surface area (Å²) in [4.78, 5) is 26.5. The zero-order chi connectivity index (χ0) is 17.6. The summed E-state index contributed by atoms with van der Waals surface area (Å²) in [7, 11) is 0. The van der Waals surface area contributed by atoms with Crippen LogP contribution in [0.2, 0.25) is 0 Å². The van der Waals surface area contributed by atoms with E-state index in [2.05, 4.69) is 20.4 Å². The van der Waals surface area contributed by atoms with Crippen LogP contribution in [0.15, 0.2) is 35.5 Å². The third-order valence-electron chi connectivity index (χ3n) is 4.38. The first-order valence-corrected chi connectivity index (χ1v) is 8.71. The number of anilines is 1. The van der Waals surface area contributed by atoms with Crippen molar-refractivity contribution >= 4 is 11.6 Å². The lowest BCUT2D eigenvalue weighted by Gasteiger charge is -2.17. The molecule has 134 valence electrons. The van der Waals surface area contributed by atoms with E-state index >= 15 is 0 Å². The van der Waals surface area contributed by atoms with E-state index in [1.54, 1.807) is 18.5 Å². The summed E-state index contributed by atoms with van der Waals surface area (Å²) in [5.74, 6) is -0.212. The molecule has 2 aromatic rings. The summed E-state index contributed by atoms with van der Waals surface area (Å²) in [5.41, 5.74) is 0.593. The van der Waals surface area contributed by atoms with E-state index in [0.717, 1.165) is 44.6 Å². The topological polar surface area (TPSA) is 85.1 Å². The van der Waals surface area contributed by atoms with Crippen LogP contribution in [0.4, 0.5) is 5.69 Å². The van der Waals surface area contributed by atoms with Crippen LogP contribution in [0.3, 0.4) is 0 Å². The molecule has 25 heavy (non-hydrogen) atoms. The standard InChI is InChI=1S/C17H24N6O2/c1-14(5-10-22-9-4-6-18-22)20-16(24)13-23-17(25)11-15(12-19-23)21-7-2-3-8-21/h4,6,9,11-12,14H,2-3,5,7-8,10,13H2,1H3,(H,20,24). The molecule has 1 fully saturated rings. The average molecular weight is 344 g/mol. The first-order valence-electron chi connectivity index (χ1n) is 8.71. The lowest BCUT2D eigenvalue weighted by Crippen LogP contribution is -2.38. The monoisotopic (exact) mass is 344 g/mol. The fourth-order valence-corrected chi connectivity index (χ4v) is 2.98. The highest BCUT2D eigenvalue weighted by Gasteiger charge is 2.15. The van der Waals surface area contributed by atoms with Crippen LogP contribution in [-0.2, 0) is 17.9 Å². The summed E-state index contributed by atoms with van der Waals surface area (Å²) in [6.45, 7) is 4.52. The Morgan fingerprint density at radius 1 is 1.32 bits per heavy atom. The number of aromatic nitrogens is 4. The fourth-order valence-electron chi connectivity index (χ4n) is 2.98. The Morgan fingerprint density at radius 3 is 2.80 bits per heavy atom. The first kappa shape index (κ1) is 17.2. The Kier molecular flexibility index (Phi) is 5.47. The number of nitrogens with one attached hydrogen (secondary N) is 1. The molecule has 1 N–H and O–H groups in total. The van der Waals surface area contributed by atoms with Crippen molar-refractivity contribution < 1.29 is 4.79 Å². The minimum absolute atomic E-state index is 0.00345. The SMILES string of the molecule is CC(CCn1cccn1)NC(=O)Cn1ncc(N2CCCC2)cc1=O. The minimum atomic E-state index is -0.247. The molecule has 0 radical (unpaired) electrons. The molecule has 0 aromatic carbocycles. The minimum Gasteiger partial charge on any atom is -0.370 e. The third-order valence-corrected chi connectivity index (χ3v) is 4.38. The zero-order valence-corrected chi connectivity index (χ0v) is 14.5. The molecule has 1 aliphatic rings. The van der Waals surface area contributed by atoms with E-state index < -0.39 is 0 Å². The molecule has 0 saturated carbocycles. The summed E-state index contributed by atoms with van der Waals surface area (Å²) in [5, 5.41) is 11.2. The lowest BCUT2D eigenvalue weighted by molar-refractivity contribution is -0.122. The molecular formula is C17H24N6O2. The largest absolute Gasteiger partial charge is 0.370 e. The molecule has 0 aliphatic carbocycles. The molecule has 1 unspecified atom stereocenters. The normalized spacial score (nSPS) is 15.3. The summed E-state index contributed by atoms with van der Waals surface area (Å²) in [6.07, 6.45) is 8.34. The molecule has 2 aromatic heterocycles. The summed E-state index contributed by atoms with van der Waals surface area (Å²) >= 11 is 0. The maximum atomic E-state index is 12.2. The fraction of sp³-hybridized carbons (Fsp3) is 0.529. The second kappa shape index (κ2) is 7.96. The molecule has 1 atom stereocenters. The van der Waals surface area contributed by atoms with E-state index in [0.29, 0.717) is 0 Å². The Morgan fingerprint density at radius 2 is 2.12 bits per heavy atom. The van der Waals surface area contributed by atoms with Gasteiger partial charge in [0.05, 0.1) is 11.9 Å². The molecule has 0 bridgehead atoms. The lowest BCUT2D eigenvalue weighted by atomic mass is 10.2. The van der Waals surface area contributed by atoms with E-state index in [1.165, 1.54) is 4.68 Å². The van der Waals surface area contributed by atoms with Crippen molar-refractivity contribution in [2.24, 2.45) is 0 Å². The van der Waals surface area contributed by atoms with Gasteiger partial charge in [-0.15, -0.1) is 0 Å². The predicted octanol–water partition coefficient (Wildman–Crippen LogP) is 0.635. The smallest absolute Gasteiger partial charge is 0.269 e. The van der Waals surface area contributed by atoms with Gasteiger partial charge in [-0.1, -0.05) is 0 Å². The van der Waals surface area contributed by atoms with Gasteiger partial charge in [0.1, 0.15) is 6.54 Å². The number of rotatable bonds is 7. The molecule has 3 rings (SSSR count). The highest BCUT2D eigenvalue weighted by atomic mass is 16.2. The van der Waals surface area contributed by atoms with Crippen LogP contribution in [-0.4, -0.2) is 44.6 Å². The predicted molar refractivity (Wildman–Crippen MR) is 94.4 cm³/mol. The first-order chi connectivity index (χ1) is 12.1. The van der Waals surface area contributed by atoms with Crippen LogP contribution in [0, 0.1) is 0 Å². The number of hydrogen-bond acceptors (Lipinski definition) is 5. The van der Waals surface area contributed by atoms with Crippen molar-refractivity contribution in [2.75, 3.05) is 18.0 Å². The van der Waals surface area contributed by atoms with Gasteiger partial charge in [0.2, 0.25) is 5.91 Å². The van der Waals surface area contributed by atoms with Gasteiger partial charge in [0.25, 0.3) is 5.56 Å². The Labute approximate surface area is 146 Å². The van der Waals surface area contributed by atoms with Gasteiger partial charge in [-0.3, -0.25) is 14.3 Å². The molecule has 1 amide bonds. The number of carbonyl (C=O) groups is 1. The Bertz CT molecular complexity index is 749. The van der Waals surface area contributed by atoms with Crippen molar-refractivity contribution in [3.8, 4) is 0 Å². The van der Waals surface area contributed by atoms with Crippen molar-refractivity contribution in [2.45, 2.75) is 45.3 Å². The highest BCUT2D eigenvalue weighted by molar-refractivity contribution is 5.75. The number of nitrogens with zero attached hydrogens (tertiary/aromatic N) is 5. The van der Waals surface area contributed by atoms with Crippen LogP contribution in [0.1, 0.15) is 26.2 Å². The number of amides is 1. The van der Waals surface area contributed by atoms with Crippen LogP contribution in [0.25, 0.3) is 0 Å². The van der Waals surface area contributed by atoms with E-state index in [-0.39, 0.29) is 24.1 Å². The van der Waals surface area contributed by atoms with Crippen molar-refractivity contribution in [1.29, 1.82) is 0 Å². The Balaban J connectivity index is 1.50. The Hall–Kier alpha value is -2.64. The molecule has 3 heterocycles. The van der Waals surface area contributed by atoms with Crippen LogP contribution >= 0.6 is 0 Å². The van der Waals surface area contributed by atoms with Gasteiger partial charge in [0.15, 0.2) is 0 Å². The molecule has 8 heteroatoms. The maximum Gasteiger partial charge on any atom is 0.269 e. The van der Waals surface area contributed by atoms with E-state index in [9.17, 15) is 9.59 Å². The second-order valence-electron chi connectivity index (χ2n) is 6.43. The summed E-state index contributed by atoms with van der Waals surface area (Å²) < 4.78 is 3.03. The second-order valence-corrected chi connectivity index (χ2v) is 6.43. The molecule has 0 spiro atoms. The zero-order valence-electron chi connectivity index (χ0n) is 14.5. The van der Waals surface area contributed by atoms with Gasteiger partial charge in [-0.05, 0) is 32.3 Å². The number of hydrogen-bond donors (Lipinski definition) is 1. The highest BCUT2D eigenvalue weighted by Crippen LogP contribution is 2.16. The molecular weight excluding hydrogens is 320 g/mol. The molecule has 1 saturated heterocycles. The van der Waals surface area contributed by atoms with Gasteiger partial charge >= 0.3 is 0 Å². The summed E-state index contributed by atoms with van der Waals surface area (Å²) in [6, 6.07) is 3.43. The van der Waals surface area contributed by atoms with Crippen LogP contribution in [0.5, 0.6) is 0 Å². The van der Waals surface area contributed by atoms with Gasteiger partial charge < -0.3 is 10.2 Å². The van der Waals surface area contributed by atoms with Crippen LogP contribution < -0.4 is 15.8 Å². The molecule has 1 aliphatic heterocycles. The number of aryl methyl sites for hydroxylation is 1. The van der Waals surface area contributed by atoms with E-state index in [4.69, 9.17) is 0 Å².